The topological polar surface area (TPSA) is 46.1 Å². The lowest BCUT2D eigenvalue weighted by Gasteiger charge is -2.22. The van der Waals surface area contributed by atoms with Gasteiger partial charge in [-0.3, -0.25) is 4.99 Å². The van der Waals surface area contributed by atoms with E-state index < -0.39 is 0 Å². The molecule has 2 aromatic carbocycles. The van der Waals surface area contributed by atoms with Crippen molar-refractivity contribution >= 4 is 29.9 Å². The summed E-state index contributed by atoms with van der Waals surface area (Å²) in [7, 11) is 3.55. The molecule has 2 aromatic rings. The molecule has 0 bridgehead atoms. The third kappa shape index (κ3) is 7.19. The fourth-order valence-electron chi connectivity index (χ4n) is 3.64. The number of likely N-dealkylation sites (tertiary alicyclic amines) is 1. The van der Waals surface area contributed by atoms with Gasteiger partial charge in [-0.15, -0.1) is 24.0 Å². The fourth-order valence-corrected chi connectivity index (χ4v) is 3.64. The zero-order valence-electron chi connectivity index (χ0n) is 17.6. The molecule has 29 heavy (non-hydrogen) atoms. The molecule has 6 heteroatoms. The van der Waals surface area contributed by atoms with Crippen LogP contribution in [0.4, 0.5) is 0 Å². The summed E-state index contributed by atoms with van der Waals surface area (Å²) in [5.41, 5.74) is 3.62. The number of halogens is 1. The van der Waals surface area contributed by atoms with Crippen molar-refractivity contribution in [3.63, 3.8) is 0 Å². The number of aliphatic imine (C=N–C) groups is 1. The lowest BCUT2D eigenvalue weighted by Crippen LogP contribution is -2.39. The summed E-state index contributed by atoms with van der Waals surface area (Å²) in [6, 6.07) is 16.6. The van der Waals surface area contributed by atoms with Gasteiger partial charge in [0.15, 0.2) is 5.96 Å². The van der Waals surface area contributed by atoms with Crippen molar-refractivity contribution in [2.75, 3.05) is 33.9 Å². The normalized spacial score (nSPS) is 16.4. The van der Waals surface area contributed by atoms with Gasteiger partial charge in [0, 0.05) is 32.6 Å². The van der Waals surface area contributed by atoms with E-state index in [1.54, 1.807) is 7.11 Å². The molecule has 1 aliphatic heterocycles. The Bertz CT molecular complexity index is 783. The molecular formula is C23H32IN3O2. The third-order valence-corrected chi connectivity index (χ3v) is 5.06. The molecule has 1 heterocycles. The molecule has 0 spiro atoms. The molecule has 1 atom stereocenters. The van der Waals surface area contributed by atoms with E-state index >= 15 is 0 Å². The minimum Gasteiger partial charge on any atom is -0.497 e. The van der Waals surface area contributed by atoms with Gasteiger partial charge in [0.2, 0.25) is 0 Å². The van der Waals surface area contributed by atoms with E-state index in [1.807, 2.05) is 19.2 Å². The summed E-state index contributed by atoms with van der Waals surface area (Å²) in [4.78, 5) is 6.79. The second kappa shape index (κ2) is 12.0. The number of ether oxygens (including phenoxy) is 2. The molecule has 0 amide bonds. The van der Waals surface area contributed by atoms with Crippen LogP contribution in [-0.4, -0.2) is 44.7 Å². The number of benzene rings is 2. The van der Waals surface area contributed by atoms with Crippen molar-refractivity contribution in [2.45, 2.75) is 26.5 Å². The quantitative estimate of drug-likeness (QED) is 0.345. The highest BCUT2D eigenvalue weighted by molar-refractivity contribution is 14.0. The average molecular weight is 509 g/mol. The first-order valence-corrected chi connectivity index (χ1v) is 9.89. The first kappa shape index (κ1) is 23.5. The van der Waals surface area contributed by atoms with E-state index in [2.05, 4.69) is 58.5 Å². The van der Waals surface area contributed by atoms with Gasteiger partial charge in [0.05, 0.1) is 20.3 Å². The Morgan fingerprint density at radius 3 is 2.69 bits per heavy atom. The smallest absolute Gasteiger partial charge is 0.193 e. The van der Waals surface area contributed by atoms with Crippen LogP contribution in [0.5, 0.6) is 5.75 Å². The minimum absolute atomic E-state index is 0. The Morgan fingerprint density at radius 2 is 1.97 bits per heavy atom. The molecule has 0 aliphatic carbocycles. The zero-order chi connectivity index (χ0) is 19.8. The summed E-state index contributed by atoms with van der Waals surface area (Å²) >= 11 is 0. The second-order valence-corrected chi connectivity index (χ2v) is 7.36. The molecule has 3 rings (SSSR count). The van der Waals surface area contributed by atoms with Crippen molar-refractivity contribution in [1.82, 2.24) is 10.2 Å². The Balaban J connectivity index is 0.00000300. The van der Waals surface area contributed by atoms with Gasteiger partial charge in [-0.2, -0.15) is 0 Å². The van der Waals surface area contributed by atoms with Crippen molar-refractivity contribution < 1.29 is 9.47 Å². The maximum atomic E-state index is 5.93. The van der Waals surface area contributed by atoms with Gasteiger partial charge in [-0.25, -0.2) is 0 Å². The third-order valence-electron chi connectivity index (χ3n) is 5.06. The maximum Gasteiger partial charge on any atom is 0.193 e. The number of hydrogen-bond donors (Lipinski definition) is 1. The van der Waals surface area contributed by atoms with Crippen molar-refractivity contribution in [1.29, 1.82) is 0 Å². The summed E-state index contributed by atoms with van der Waals surface area (Å²) < 4.78 is 11.3. The summed E-state index contributed by atoms with van der Waals surface area (Å²) in [6.07, 6.45) is 1.13. The van der Waals surface area contributed by atoms with E-state index in [9.17, 15) is 0 Å². The van der Waals surface area contributed by atoms with E-state index in [-0.39, 0.29) is 24.0 Å². The summed E-state index contributed by atoms with van der Waals surface area (Å²) in [6.45, 7) is 6.27. The Kier molecular flexibility index (Phi) is 9.73. The van der Waals surface area contributed by atoms with Crippen LogP contribution < -0.4 is 10.1 Å². The number of nitrogens with one attached hydrogen (secondary N) is 1. The molecule has 0 saturated carbocycles. The van der Waals surface area contributed by atoms with E-state index in [0.29, 0.717) is 12.5 Å². The highest BCUT2D eigenvalue weighted by Crippen LogP contribution is 2.19. The SMILES string of the molecule is CN=C(NCc1cc(C)cc(OC)c1)N1CCC(COCc2ccccc2)C1.I. The molecular weight excluding hydrogens is 477 g/mol. The standard InChI is InChI=1S/C23H31N3O2.HI/c1-18-11-21(13-22(12-18)27-3)14-25-23(24-2)26-10-9-20(15-26)17-28-16-19-7-5-4-6-8-19;/h4-8,11-13,20H,9-10,14-17H2,1-3H3,(H,24,25);1H. The van der Waals surface area contributed by atoms with Crippen molar-refractivity contribution in [3.8, 4) is 5.75 Å². The maximum absolute atomic E-state index is 5.93. The monoisotopic (exact) mass is 509 g/mol. The zero-order valence-corrected chi connectivity index (χ0v) is 19.9. The van der Waals surface area contributed by atoms with Gasteiger partial charge >= 0.3 is 0 Å². The molecule has 0 radical (unpaired) electrons. The number of nitrogens with zero attached hydrogens (tertiary/aromatic N) is 2. The average Bonchev–Trinajstić information content (AvgIpc) is 3.17. The van der Waals surface area contributed by atoms with Crippen LogP contribution in [0.2, 0.25) is 0 Å². The molecule has 5 nitrogen and oxygen atoms in total. The number of aryl methyl sites for hydroxylation is 1. The molecule has 1 N–H and O–H groups in total. The van der Waals surface area contributed by atoms with Gasteiger partial charge in [0.1, 0.15) is 5.75 Å². The largest absolute Gasteiger partial charge is 0.497 e. The van der Waals surface area contributed by atoms with Gasteiger partial charge in [0.25, 0.3) is 0 Å². The van der Waals surface area contributed by atoms with Crippen LogP contribution in [0, 0.1) is 12.8 Å². The lowest BCUT2D eigenvalue weighted by molar-refractivity contribution is 0.0906. The molecule has 1 unspecified atom stereocenters. The van der Waals surface area contributed by atoms with Crippen molar-refractivity contribution in [2.24, 2.45) is 10.9 Å². The van der Waals surface area contributed by atoms with E-state index in [0.717, 1.165) is 44.4 Å². The van der Waals surface area contributed by atoms with Gasteiger partial charge < -0.3 is 19.7 Å². The van der Waals surface area contributed by atoms with Crippen molar-refractivity contribution in [3.05, 3.63) is 65.2 Å². The van der Waals surface area contributed by atoms with Crippen LogP contribution in [0.25, 0.3) is 0 Å². The molecule has 0 aromatic heterocycles. The predicted octanol–water partition coefficient (Wildman–Crippen LogP) is 4.24. The highest BCUT2D eigenvalue weighted by atomic mass is 127. The first-order chi connectivity index (χ1) is 13.7. The van der Waals surface area contributed by atoms with Crippen LogP contribution in [0.3, 0.4) is 0 Å². The van der Waals surface area contributed by atoms with Crippen LogP contribution in [0.1, 0.15) is 23.1 Å². The number of guanidine groups is 1. The molecule has 158 valence electrons. The number of rotatable bonds is 7. The molecule has 1 fully saturated rings. The molecule has 1 aliphatic rings. The van der Waals surface area contributed by atoms with Crippen LogP contribution in [0.15, 0.2) is 53.5 Å². The number of methoxy groups -OCH3 is 1. The summed E-state index contributed by atoms with van der Waals surface area (Å²) in [5.74, 6) is 2.39. The van der Waals surface area contributed by atoms with Gasteiger partial charge in [-0.1, -0.05) is 36.4 Å². The Hall–Kier alpha value is -1.80. The van der Waals surface area contributed by atoms with Gasteiger partial charge in [-0.05, 0) is 42.2 Å². The number of hydrogen-bond acceptors (Lipinski definition) is 3. The fraction of sp³-hybridized carbons (Fsp3) is 0.435. The minimum atomic E-state index is 0. The Morgan fingerprint density at radius 1 is 1.17 bits per heavy atom. The predicted molar refractivity (Wildman–Crippen MR) is 129 cm³/mol. The van der Waals surface area contributed by atoms with E-state index in [4.69, 9.17) is 9.47 Å². The molecule has 1 saturated heterocycles. The highest BCUT2D eigenvalue weighted by Gasteiger charge is 2.25. The first-order valence-electron chi connectivity index (χ1n) is 9.89. The van der Waals surface area contributed by atoms with E-state index in [1.165, 1.54) is 16.7 Å². The van der Waals surface area contributed by atoms with Crippen LogP contribution >= 0.6 is 24.0 Å². The van der Waals surface area contributed by atoms with Crippen LogP contribution in [-0.2, 0) is 17.9 Å². The Labute approximate surface area is 191 Å². The summed E-state index contributed by atoms with van der Waals surface area (Å²) in [5, 5.41) is 3.49. The lowest BCUT2D eigenvalue weighted by atomic mass is 10.1. The second-order valence-electron chi connectivity index (χ2n) is 7.36.